The normalized spacial score (nSPS) is 16.7. The molecule has 2 aromatic rings. The van der Waals surface area contributed by atoms with Crippen molar-refractivity contribution in [3.8, 4) is 17.0 Å². The molecule has 2 heterocycles. The maximum atomic E-state index is 12.3. The summed E-state index contributed by atoms with van der Waals surface area (Å²) in [5.74, 6) is 0.520. The Kier molecular flexibility index (Phi) is 5.92. The lowest BCUT2D eigenvalue weighted by Gasteiger charge is -2.23. The molecule has 1 aliphatic carbocycles. The number of carbonyl (C=O) groups excluding carboxylic acids is 1. The van der Waals surface area contributed by atoms with Crippen LogP contribution in [0.4, 0.5) is 10.5 Å². The number of nitrogens with zero attached hydrogens (tertiary/aromatic N) is 1. The van der Waals surface area contributed by atoms with Gasteiger partial charge in [-0.05, 0) is 42.0 Å². The van der Waals surface area contributed by atoms with Crippen LogP contribution in [0.2, 0.25) is 0 Å². The lowest BCUT2D eigenvalue weighted by molar-refractivity contribution is 0.0237. The summed E-state index contributed by atoms with van der Waals surface area (Å²) in [5.41, 5.74) is 4.49. The van der Waals surface area contributed by atoms with Gasteiger partial charge in [-0.2, -0.15) is 0 Å². The fraction of sp³-hybridized carbons (Fsp3) is 0.429. The lowest BCUT2D eigenvalue weighted by atomic mass is 9.98. The van der Waals surface area contributed by atoms with Crippen molar-refractivity contribution in [2.45, 2.75) is 38.2 Å². The molecule has 1 aromatic heterocycles. The van der Waals surface area contributed by atoms with Gasteiger partial charge in [-0.1, -0.05) is 12.1 Å². The van der Waals surface area contributed by atoms with Crippen LogP contribution in [0.5, 0.6) is 5.88 Å². The Morgan fingerprint density at radius 2 is 2.00 bits per heavy atom. The van der Waals surface area contributed by atoms with Crippen LogP contribution in [0, 0.1) is 0 Å². The van der Waals surface area contributed by atoms with Crippen molar-refractivity contribution in [2.24, 2.45) is 0 Å². The van der Waals surface area contributed by atoms with Gasteiger partial charge in [-0.15, -0.1) is 0 Å². The van der Waals surface area contributed by atoms with Crippen LogP contribution in [0.3, 0.4) is 0 Å². The number of pyridine rings is 1. The zero-order valence-corrected chi connectivity index (χ0v) is 17.6. The first-order valence-electron chi connectivity index (χ1n) is 10.0. The number of rotatable bonds is 5. The average molecular weight is 432 g/mol. The number of aryl methyl sites for hydroxylation is 1. The van der Waals surface area contributed by atoms with E-state index in [1.165, 1.54) is 5.56 Å². The Balaban J connectivity index is 1.65. The summed E-state index contributed by atoms with van der Waals surface area (Å²) in [7, 11) is -3.66. The number of hydrogen-bond donors (Lipinski definition) is 2. The van der Waals surface area contributed by atoms with Crippen molar-refractivity contribution in [1.29, 1.82) is 0 Å². The molecule has 2 amide bonds. The molecule has 2 aliphatic rings. The highest BCUT2D eigenvalue weighted by molar-refractivity contribution is 7.89. The molecule has 1 aromatic carbocycles. The number of nitrogens with one attached hydrogen (secondary N) is 2. The fourth-order valence-corrected chi connectivity index (χ4v) is 4.35. The number of ether oxygens (including phenoxy) is 2. The number of amides is 2. The quantitative estimate of drug-likeness (QED) is 0.754. The van der Waals surface area contributed by atoms with Crippen molar-refractivity contribution in [3.05, 3.63) is 41.6 Å². The molecule has 0 atom stereocenters. The predicted octanol–water partition coefficient (Wildman–Crippen LogP) is 2.88. The van der Waals surface area contributed by atoms with Crippen molar-refractivity contribution in [3.63, 3.8) is 0 Å². The van der Waals surface area contributed by atoms with E-state index in [0.29, 0.717) is 24.8 Å². The number of anilines is 1. The molecule has 0 bridgehead atoms. The fourth-order valence-electron chi connectivity index (χ4n) is 3.96. The van der Waals surface area contributed by atoms with Gasteiger partial charge in [0.1, 0.15) is 6.10 Å². The summed E-state index contributed by atoms with van der Waals surface area (Å²) in [6, 6.07) is 6.95. The third kappa shape index (κ3) is 4.91. The van der Waals surface area contributed by atoms with Crippen LogP contribution >= 0.6 is 0 Å². The summed E-state index contributed by atoms with van der Waals surface area (Å²) in [4.78, 5) is 16.6. The Labute approximate surface area is 176 Å². The number of carbonyl (C=O) groups is 1. The maximum Gasteiger partial charge on any atom is 0.332 e. The van der Waals surface area contributed by atoms with Gasteiger partial charge in [0.25, 0.3) is 0 Å². The number of sulfonamides is 1. The van der Waals surface area contributed by atoms with Gasteiger partial charge in [-0.3, -0.25) is 0 Å². The highest BCUT2D eigenvalue weighted by atomic mass is 32.2. The first kappa shape index (κ1) is 20.6. The van der Waals surface area contributed by atoms with Crippen LogP contribution in [0.25, 0.3) is 11.1 Å². The zero-order valence-electron chi connectivity index (χ0n) is 16.8. The molecule has 1 aliphatic heterocycles. The van der Waals surface area contributed by atoms with Gasteiger partial charge in [0.15, 0.2) is 0 Å². The number of aromatic nitrogens is 1. The predicted molar refractivity (Wildman–Crippen MR) is 113 cm³/mol. The summed E-state index contributed by atoms with van der Waals surface area (Å²) < 4.78 is 36.3. The molecule has 2 N–H and O–H groups in total. The molecule has 0 spiro atoms. The second kappa shape index (κ2) is 8.61. The van der Waals surface area contributed by atoms with E-state index in [4.69, 9.17) is 9.47 Å². The molecule has 0 saturated carbocycles. The third-order valence-corrected chi connectivity index (χ3v) is 5.86. The molecule has 30 heavy (non-hydrogen) atoms. The van der Waals surface area contributed by atoms with Crippen LogP contribution in [-0.4, -0.2) is 45.0 Å². The smallest absolute Gasteiger partial charge is 0.332 e. The largest absolute Gasteiger partial charge is 0.474 e. The minimum Gasteiger partial charge on any atom is -0.474 e. The summed E-state index contributed by atoms with van der Waals surface area (Å²) in [5, 5.41) is 2.76. The van der Waals surface area contributed by atoms with E-state index in [2.05, 4.69) is 16.4 Å². The Morgan fingerprint density at radius 1 is 1.20 bits per heavy atom. The average Bonchev–Trinajstić information content (AvgIpc) is 3.17. The number of benzene rings is 1. The Hall–Kier alpha value is -2.65. The minimum absolute atomic E-state index is 0.0691. The second-order valence-electron chi connectivity index (χ2n) is 7.62. The zero-order chi connectivity index (χ0) is 21.1. The molecular weight excluding hydrogens is 406 g/mol. The van der Waals surface area contributed by atoms with Gasteiger partial charge in [-0.25, -0.2) is 22.9 Å². The maximum absolute atomic E-state index is 12.3. The summed E-state index contributed by atoms with van der Waals surface area (Å²) >= 11 is 0. The van der Waals surface area contributed by atoms with E-state index >= 15 is 0 Å². The van der Waals surface area contributed by atoms with Gasteiger partial charge in [0, 0.05) is 30.7 Å². The summed E-state index contributed by atoms with van der Waals surface area (Å²) in [6.45, 7) is 1.36. The van der Waals surface area contributed by atoms with Gasteiger partial charge < -0.3 is 14.8 Å². The molecule has 9 heteroatoms. The Morgan fingerprint density at radius 3 is 2.77 bits per heavy atom. The van der Waals surface area contributed by atoms with E-state index in [0.717, 1.165) is 55.1 Å². The van der Waals surface area contributed by atoms with Gasteiger partial charge >= 0.3 is 6.03 Å². The molecule has 4 rings (SSSR count). The van der Waals surface area contributed by atoms with Crippen molar-refractivity contribution < 1.29 is 22.7 Å². The van der Waals surface area contributed by atoms with E-state index in [-0.39, 0.29) is 6.10 Å². The second-order valence-corrected chi connectivity index (χ2v) is 9.37. The van der Waals surface area contributed by atoms with Gasteiger partial charge in [0.05, 0.1) is 25.2 Å². The van der Waals surface area contributed by atoms with E-state index in [9.17, 15) is 13.2 Å². The molecule has 160 valence electrons. The number of hydrogen-bond acceptors (Lipinski definition) is 6. The first-order chi connectivity index (χ1) is 14.4. The van der Waals surface area contributed by atoms with E-state index < -0.39 is 16.1 Å². The third-order valence-electron chi connectivity index (χ3n) is 5.30. The standard InChI is InChI=1S/C21H25N3O5S/c1-30(26,27)24-21(25)23-20-17-4-2-3-14(17)5-6-18(20)15-7-10-22-19(13-15)29-16-8-11-28-12-9-16/h5-7,10,13,16H,2-4,8-9,11-12H2,1H3,(H2,23,24,25). The van der Waals surface area contributed by atoms with E-state index in [1.54, 1.807) is 6.20 Å². The minimum atomic E-state index is -3.66. The number of urea groups is 1. The Bertz CT molecular complexity index is 1050. The first-order valence-corrected chi connectivity index (χ1v) is 11.9. The topological polar surface area (TPSA) is 107 Å². The van der Waals surface area contributed by atoms with Crippen molar-refractivity contribution in [1.82, 2.24) is 9.71 Å². The molecule has 0 radical (unpaired) electrons. The van der Waals surface area contributed by atoms with Crippen LogP contribution in [0.15, 0.2) is 30.5 Å². The molecule has 0 unspecified atom stereocenters. The number of fused-ring (bicyclic) bond motifs is 1. The van der Waals surface area contributed by atoms with Crippen molar-refractivity contribution in [2.75, 3.05) is 24.8 Å². The molecule has 1 fully saturated rings. The molecule has 1 saturated heterocycles. The molecule has 8 nitrogen and oxygen atoms in total. The summed E-state index contributed by atoms with van der Waals surface area (Å²) in [6.07, 6.45) is 7.10. The van der Waals surface area contributed by atoms with Crippen LogP contribution < -0.4 is 14.8 Å². The highest BCUT2D eigenvalue weighted by Crippen LogP contribution is 2.38. The highest BCUT2D eigenvalue weighted by Gasteiger charge is 2.22. The lowest BCUT2D eigenvalue weighted by Crippen LogP contribution is -2.33. The SMILES string of the molecule is CS(=O)(=O)NC(=O)Nc1c(-c2ccnc(OC3CCOCC3)c2)ccc2c1CCC2. The van der Waals surface area contributed by atoms with Gasteiger partial charge in [0.2, 0.25) is 15.9 Å². The van der Waals surface area contributed by atoms with Crippen LogP contribution in [-0.2, 0) is 27.6 Å². The monoisotopic (exact) mass is 431 g/mol. The van der Waals surface area contributed by atoms with Crippen molar-refractivity contribution >= 4 is 21.7 Å². The van der Waals surface area contributed by atoms with E-state index in [1.807, 2.05) is 22.9 Å². The molecular formula is C21H25N3O5S. The van der Waals surface area contributed by atoms with Crippen LogP contribution in [0.1, 0.15) is 30.4 Å².